The Hall–Kier alpha value is -1.17. The van der Waals surface area contributed by atoms with Crippen LogP contribution in [0.2, 0.25) is 5.02 Å². The highest BCUT2D eigenvalue weighted by molar-refractivity contribution is 6.31. The van der Waals surface area contributed by atoms with Crippen LogP contribution in [0.3, 0.4) is 0 Å². The Bertz CT molecular complexity index is 492. The number of halogens is 2. The summed E-state index contributed by atoms with van der Waals surface area (Å²) in [5.41, 5.74) is 6.52. The third-order valence-corrected chi connectivity index (χ3v) is 4.15. The van der Waals surface area contributed by atoms with Crippen LogP contribution in [0, 0.1) is 5.82 Å². The van der Waals surface area contributed by atoms with E-state index in [0.29, 0.717) is 43.0 Å². The first-order valence-electron chi connectivity index (χ1n) is 7.04. The summed E-state index contributed by atoms with van der Waals surface area (Å²) in [6.45, 7) is 0.749. The van der Waals surface area contributed by atoms with Gasteiger partial charge in [-0.05, 0) is 25.0 Å². The highest BCUT2D eigenvalue weighted by atomic mass is 35.5. The van der Waals surface area contributed by atoms with E-state index in [1.54, 1.807) is 24.1 Å². The predicted molar refractivity (Wildman–Crippen MR) is 79.6 cm³/mol. The first-order valence-corrected chi connectivity index (χ1v) is 7.42. The lowest BCUT2D eigenvalue weighted by Gasteiger charge is -2.34. The SMILES string of the molecule is COCCN1C(=O)CCCC(N)C1c1c(F)cccc1Cl. The molecule has 0 radical (unpaired) electrons. The molecule has 1 saturated heterocycles. The molecule has 4 nitrogen and oxygen atoms in total. The number of benzene rings is 1. The van der Waals surface area contributed by atoms with Crippen LogP contribution >= 0.6 is 11.6 Å². The molecule has 21 heavy (non-hydrogen) atoms. The minimum Gasteiger partial charge on any atom is -0.383 e. The van der Waals surface area contributed by atoms with Crippen molar-refractivity contribution in [3.8, 4) is 0 Å². The van der Waals surface area contributed by atoms with E-state index in [2.05, 4.69) is 0 Å². The second-order valence-electron chi connectivity index (χ2n) is 5.22. The van der Waals surface area contributed by atoms with Crippen LogP contribution in [0.15, 0.2) is 18.2 Å². The van der Waals surface area contributed by atoms with E-state index in [4.69, 9.17) is 22.1 Å². The first kappa shape index (κ1) is 16.2. The predicted octanol–water partition coefficient (Wildman–Crippen LogP) is 2.51. The molecule has 0 spiro atoms. The number of hydrogen-bond donors (Lipinski definition) is 1. The van der Waals surface area contributed by atoms with Crippen LogP contribution in [-0.2, 0) is 9.53 Å². The molecule has 1 aromatic carbocycles. The van der Waals surface area contributed by atoms with Crippen LogP contribution in [-0.4, -0.2) is 37.1 Å². The Morgan fingerprint density at radius 2 is 2.29 bits per heavy atom. The average molecular weight is 315 g/mol. The molecule has 1 aliphatic heterocycles. The smallest absolute Gasteiger partial charge is 0.223 e. The summed E-state index contributed by atoms with van der Waals surface area (Å²) < 4.78 is 19.3. The Morgan fingerprint density at radius 1 is 1.52 bits per heavy atom. The van der Waals surface area contributed by atoms with Crippen molar-refractivity contribution in [3.63, 3.8) is 0 Å². The van der Waals surface area contributed by atoms with Gasteiger partial charge in [-0.3, -0.25) is 4.79 Å². The van der Waals surface area contributed by atoms with E-state index in [0.717, 1.165) is 0 Å². The van der Waals surface area contributed by atoms with Gasteiger partial charge in [-0.1, -0.05) is 17.7 Å². The quantitative estimate of drug-likeness (QED) is 0.929. The van der Waals surface area contributed by atoms with Gasteiger partial charge >= 0.3 is 0 Å². The summed E-state index contributed by atoms with van der Waals surface area (Å²) in [4.78, 5) is 13.9. The molecule has 2 atom stereocenters. The molecule has 1 aliphatic rings. The number of methoxy groups -OCH3 is 1. The minimum atomic E-state index is -0.552. The van der Waals surface area contributed by atoms with E-state index in [9.17, 15) is 9.18 Å². The number of nitrogens with zero attached hydrogens (tertiary/aromatic N) is 1. The van der Waals surface area contributed by atoms with Gasteiger partial charge in [-0.25, -0.2) is 4.39 Å². The van der Waals surface area contributed by atoms with E-state index in [-0.39, 0.29) is 11.9 Å². The highest BCUT2D eigenvalue weighted by Crippen LogP contribution is 2.35. The van der Waals surface area contributed by atoms with Crippen molar-refractivity contribution in [2.75, 3.05) is 20.3 Å². The van der Waals surface area contributed by atoms with Crippen LogP contribution in [0.25, 0.3) is 0 Å². The molecule has 0 aliphatic carbocycles. The number of nitrogens with two attached hydrogens (primary N) is 1. The van der Waals surface area contributed by atoms with E-state index < -0.39 is 11.9 Å². The maximum Gasteiger partial charge on any atom is 0.223 e. The van der Waals surface area contributed by atoms with Crippen LogP contribution in [0.1, 0.15) is 30.9 Å². The van der Waals surface area contributed by atoms with Crippen molar-refractivity contribution < 1.29 is 13.9 Å². The van der Waals surface area contributed by atoms with Gasteiger partial charge in [0.25, 0.3) is 0 Å². The topological polar surface area (TPSA) is 55.6 Å². The van der Waals surface area contributed by atoms with Gasteiger partial charge in [-0.2, -0.15) is 0 Å². The lowest BCUT2D eigenvalue weighted by molar-refractivity contribution is -0.134. The molecule has 0 aromatic heterocycles. The van der Waals surface area contributed by atoms with Gasteiger partial charge in [0.1, 0.15) is 5.82 Å². The van der Waals surface area contributed by atoms with Crippen LogP contribution < -0.4 is 5.73 Å². The molecule has 1 aromatic rings. The molecule has 0 saturated carbocycles. The van der Waals surface area contributed by atoms with Gasteiger partial charge in [-0.15, -0.1) is 0 Å². The summed E-state index contributed by atoms with van der Waals surface area (Å²) in [5.74, 6) is -0.468. The Kier molecular flexibility index (Phi) is 5.56. The van der Waals surface area contributed by atoms with Crippen molar-refractivity contribution >= 4 is 17.5 Å². The summed E-state index contributed by atoms with van der Waals surface area (Å²) in [5, 5.41) is 0.299. The fraction of sp³-hybridized carbons (Fsp3) is 0.533. The number of likely N-dealkylation sites (tertiary alicyclic amines) is 1. The largest absolute Gasteiger partial charge is 0.383 e. The van der Waals surface area contributed by atoms with Crippen molar-refractivity contribution in [2.24, 2.45) is 5.73 Å². The zero-order valence-electron chi connectivity index (χ0n) is 12.0. The summed E-state index contributed by atoms with van der Waals surface area (Å²) >= 11 is 6.16. The van der Waals surface area contributed by atoms with Gasteiger partial charge in [0.2, 0.25) is 5.91 Å². The van der Waals surface area contributed by atoms with Crippen LogP contribution in [0.4, 0.5) is 4.39 Å². The van der Waals surface area contributed by atoms with E-state index in [1.165, 1.54) is 6.07 Å². The average Bonchev–Trinajstić information content (AvgIpc) is 2.57. The summed E-state index contributed by atoms with van der Waals surface area (Å²) in [6, 6.07) is 3.62. The number of carbonyl (C=O) groups is 1. The fourth-order valence-corrected chi connectivity index (χ4v) is 3.07. The van der Waals surface area contributed by atoms with E-state index in [1.807, 2.05) is 0 Å². The van der Waals surface area contributed by atoms with Gasteiger partial charge in [0.15, 0.2) is 0 Å². The fourth-order valence-electron chi connectivity index (χ4n) is 2.79. The van der Waals surface area contributed by atoms with Gasteiger partial charge < -0.3 is 15.4 Å². The molecular formula is C15H20ClFN2O2. The second-order valence-corrected chi connectivity index (χ2v) is 5.62. The Balaban J connectivity index is 2.44. The number of carbonyl (C=O) groups excluding carboxylic acids is 1. The molecule has 0 bridgehead atoms. The first-order chi connectivity index (χ1) is 10.1. The van der Waals surface area contributed by atoms with Gasteiger partial charge in [0, 0.05) is 36.7 Å². The van der Waals surface area contributed by atoms with Crippen molar-refractivity contribution in [2.45, 2.75) is 31.3 Å². The maximum atomic E-state index is 14.3. The highest BCUT2D eigenvalue weighted by Gasteiger charge is 2.35. The molecule has 2 N–H and O–H groups in total. The zero-order valence-corrected chi connectivity index (χ0v) is 12.8. The standard InChI is InChI=1S/C15H20ClFN2O2/c1-21-9-8-19-13(20)7-3-6-12(18)15(19)14-10(16)4-2-5-11(14)17/h2,4-5,12,15H,3,6-9,18H2,1H3. The summed E-state index contributed by atoms with van der Waals surface area (Å²) in [7, 11) is 1.56. The molecule has 1 amide bonds. The second kappa shape index (κ2) is 7.20. The molecule has 6 heteroatoms. The molecule has 116 valence electrons. The van der Waals surface area contributed by atoms with Crippen molar-refractivity contribution in [3.05, 3.63) is 34.6 Å². The summed E-state index contributed by atoms with van der Waals surface area (Å²) in [6.07, 6.45) is 1.77. The molecule has 2 unspecified atom stereocenters. The molecule has 1 fully saturated rings. The molecule has 1 heterocycles. The molecule has 2 rings (SSSR count). The van der Waals surface area contributed by atoms with E-state index >= 15 is 0 Å². The number of ether oxygens (including phenoxy) is 1. The lowest BCUT2D eigenvalue weighted by atomic mass is 9.95. The monoisotopic (exact) mass is 314 g/mol. The third-order valence-electron chi connectivity index (χ3n) is 3.82. The number of rotatable bonds is 4. The Labute approximate surface area is 129 Å². The van der Waals surface area contributed by atoms with Crippen LogP contribution in [0.5, 0.6) is 0 Å². The normalized spacial score (nSPS) is 23.2. The minimum absolute atomic E-state index is 0.0377. The lowest BCUT2D eigenvalue weighted by Crippen LogP contribution is -2.44. The zero-order chi connectivity index (χ0) is 15.4. The maximum absolute atomic E-state index is 14.3. The molecular weight excluding hydrogens is 295 g/mol. The Morgan fingerprint density at radius 3 is 2.95 bits per heavy atom. The number of hydrogen-bond acceptors (Lipinski definition) is 3. The van der Waals surface area contributed by atoms with Gasteiger partial charge in [0.05, 0.1) is 12.6 Å². The third kappa shape index (κ3) is 3.54. The number of amides is 1. The van der Waals surface area contributed by atoms with Crippen molar-refractivity contribution in [1.29, 1.82) is 0 Å². The van der Waals surface area contributed by atoms with Crippen molar-refractivity contribution in [1.82, 2.24) is 4.90 Å².